The van der Waals surface area contributed by atoms with Crippen molar-refractivity contribution in [3.8, 4) is 0 Å². The van der Waals surface area contributed by atoms with Crippen LogP contribution in [0.1, 0.15) is 51.0 Å². The summed E-state index contributed by atoms with van der Waals surface area (Å²) < 4.78 is 2.04. The van der Waals surface area contributed by atoms with Gasteiger partial charge in [-0.05, 0) is 43.0 Å². The second kappa shape index (κ2) is 5.82. The molecule has 0 saturated heterocycles. The molecule has 1 saturated carbocycles. The van der Waals surface area contributed by atoms with Crippen LogP contribution < -0.4 is 5.32 Å². The van der Waals surface area contributed by atoms with E-state index in [9.17, 15) is 0 Å². The largest absolute Gasteiger partial charge is 0.311 e. The Hall–Kier alpha value is -0.620. The Bertz CT molecular complexity index is 353. The quantitative estimate of drug-likeness (QED) is 0.869. The molecule has 0 aromatic carbocycles. The van der Waals surface area contributed by atoms with E-state index >= 15 is 0 Å². The third kappa shape index (κ3) is 2.63. The van der Waals surface area contributed by atoms with Crippen molar-refractivity contribution in [2.24, 2.45) is 0 Å². The van der Waals surface area contributed by atoms with Crippen molar-refractivity contribution in [1.29, 1.82) is 0 Å². The third-order valence-corrected chi connectivity index (χ3v) is 4.76. The van der Waals surface area contributed by atoms with Crippen molar-refractivity contribution in [3.63, 3.8) is 0 Å². The van der Waals surface area contributed by atoms with Crippen LogP contribution in [0.5, 0.6) is 0 Å². The van der Waals surface area contributed by atoms with E-state index < -0.39 is 0 Å². The zero-order valence-electron chi connectivity index (χ0n) is 10.8. The van der Waals surface area contributed by atoms with Gasteiger partial charge < -0.3 is 5.32 Å². The van der Waals surface area contributed by atoms with Gasteiger partial charge in [0.2, 0.25) is 0 Å². The summed E-state index contributed by atoms with van der Waals surface area (Å²) in [5, 5.41) is 16.1. The minimum atomic E-state index is 0.206. The Morgan fingerprint density at radius 2 is 2.35 bits per heavy atom. The predicted molar refractivity (Wildman–Crippen MR) is 70.1 cm³/mol. The molecule has 1 aliphatic rings. The first-order valence-corrected chi connectivity index (χ1v) is 7.39. The molecule has 5 nitrogen and oxygen atoms in total. The van der Waals surface area contributed by atoms with E-state index in [1.807, 2.05) is 23.5 Å². The molecular formula is C11H21N5S. The monoisotopic (exact) mass is 255 g/mol. The number of thioether (sulfide) groups is 1. The first-order valence-electron chi connectivity index (χ1n) is 6.34. The van der Waals surface area contributed by atoms with Gasteiger partial charge in [-0.2, -0.15) is 11.8 Å². The molecule has 1 aliphatic carbocycles. The molecule has 17 heavy (non-hydrogen) atoms. The van der Waals surface area contributed by atoms with Gasteiger partial charge in [-0.1, -0.05) is 13.3 Å². The molecule has 2 rings (SSSR count). The molecule has 1 heterocycles. The van der Waals surface area contributed by atoms with E-state index in [0.717, 1.165) is 5.82 Å². The molecule has 1 N–H and O–H groups in total. The van der Waals surface area contributed by atoms with Crippen LogP contribution in [0, 0.1) is 0 Å². The lowest BCUT2D eigenvalue weighted by Crippen LogP contribution is -2.24. The van der Waals surface area contributed by atoms with Crippen LogP contribution in [-0.4, -0.2) is 38.3 Å². The number of hydrogen-bond acceptors (Lipinski definition) is 5. The molecule has 0 radical (unpaired) electrons. The third-order valence-electron chi connectivity index (χ3n) is 3.45. The fourth-order valence-electron chi connectivity index (χ4n) is 2.45. The van der Waals surface area contributed by atoms with Gasteiger partial charge in [0.05, 0.1) is 12.1 Å². The summed E-state index contributed by atoms with van der Waals surface area (Å²) in [7, 11) is 1.94. The van der Waals surface area contributed by atoms with Crippen molar-refractivity contribution in [3.05, 3.63) is 5.82 Å². The Morgan fingerprint density at radius 3 is 3.06 bits per heavy atom. The summed E-state index contributed by atoms with van der Waals surface area (Å²) in [6.45, 7) is 4.32. The summed E-state index contributed by atoms with van der Waals surface area (Å²) in [6.07, 6.45) is 3.78. The number of nitrogens with zero attached hydrogens (tertiary/aromatic N) is 4. The normalized spacial score (nSPS) is 26.3. The van der Waals surface area contributed by atoms with Crippen LogP contribution in [0.3, 0.4) is 0 Å². The molecule has 1 aromatic heterocycles. The first kappa shape index (κ1) is 12.8. The fourth-order valence-corrected chi connectivity index (χ4v) is 3.68. The van der Waals surface area contributed by atoms with Crippen molar-refractivity contribution >= 4 is 11.8 Å². The zero-order valence-corrected chi connectivity index (χ0v) is 11.6. The SMILES string of the molecule is CCSC1CCCC1n1nnnc1C(C)NC. The van der Waals surface area contributed by atoms with Crippen LogP contribution in [0.15, 0.2) is 0 Å². The van der Waals surface area contributed by atoms with Gasteiger partial charge in [-0.15, -0.1) is 5.10 Å². The maximum Gasteiger partial charge on any atom is 0.168 e. The molecular weight excluding hydrogens is 234 g/mol. The zero-order chi connectivity index (χ0) is 12.3. The van der Waals surface area contributed by atoms with E-state index in [0.29, 0.717) is 11.3 Å². The van der Waals surface area contributed by atoms with Crippen LogP contribution in [0.4, 0.5) is 0 Å². The fraction of sp³-hybridized carbons (Fsp3) is 0.909. The van der Waals surface area contributed by atoms with Crippen LogP contribution in [-0.2, 0) is 0 Å². The highest BCUT2D eigenvalue weighted by Gasteiger charge is 2.32. The van der Waals surface area contributed by atoms with E-state index in [1.54, 1.807) is 0 Å². The van der Waals surface area contributed by atoms with Crippen molar-refractivity contribution in [1.82, 2.24) is 25.5 Å². The molecule has 0 aliphatic heterocycles. The van der Waals surface area contributed by atoms with Gasteiger partial charge in [-0.25, -0.2) is 4.68 Å². The highest BCUT2D eigenvalue weighted by molar-refractivity contribution is 7.99. The second-order valence-corrected chi connectivity index (χ2v) is 6.00. The molecule has 0 spiro atoms. The van der Waals surface area contributed by atoms with E-state index in [2.05, 4.69) is 34.7 Å². The topological polar surface area (TPSA) is 55.6 Å². The van der Waals surface area contributed by atoms with Crippen molar-refractivity contribution < 1.29 is 0 Å². The van der Waals surface area contributed by atoms with Gasteiger partial charge in [0.1, 0.15) is 0 Å². The Balaban J connectivity index is 2.18. The number of hydrogen-bond donors (Lipinski definition) is 1. The summed E-state index contributed by atoms with van der Waals surface area (Å²) in [5.74, 6) is 2.13. The molecule has 0 bridgehead atoms. The lowest BCUT2D eigenvalue weighted by Gasteiger charge is -2.21. The number of aromatic nitrogens is 4. The maximum atomic E-state index is 4.20. The highest BCUT2D eigenvalue weighted by Crippen LogP contribution is 2.38. The lowest BCUT2D eigenvalue weighted by molar-refractivity contribution is 0.424. The minimum Gasteiger partial charge on any atom is -0.311 e. The van der Waals surface area contributed by atoms with E-state index in [-0.39, 0.29) is 6.04 Å². The molecule has 0 amide bonds. The van der Waals surface area contributed by atoms with Crippen molar-refractivity contribution in [2.75, 3.05) is 12.8 Å². The predicted octanol–water partition coefficient (Wildman–Crippen LogP) is 1.80. The van der Waals surface area contributed by atoms with Gasteiger partial charge in [0.25, 0.3) is 0 Å². The smallest absolute Gasteiger partial charge is 0.168 e. The number of tetrazole rings is 1. The Kier molecular flexibility index (Phi) is 4.39. The summed E-state index contributed by atoms with van der Waals surface area (Å²) in [4.78, 5) is 0. The van der Waals surface area contributed by atoms with E-state index in [1.165, 1.54) is 25.0 Å². The van der Waals surface area contributed by atoms with Crippen LogP contribution in [0.2, 0.25) is 0 Å². The lowest BCUT2D eigenvalue weighted by atomic mass is 10.2. The van der Waals surface area contributed by atoms with Gasteiger partial charge in [0.15, 0.2) is 5.82 Å². The van der Waals surface area contributed by atoms with E-state index in [4.69, 9.17) is 0 Å². The number of rotatable bonds is 5. The molecule has 6 heteroatoms. The highest BCUT2D eigenvalue weighted by atomic mass is 32.2. The van der Waals surface area contributed by atoms with Gasteiger partial charge in [0, 0.05) is 5.25 Å². The average Bonchev–Trinajstić information content (AvgIpc) is 2.95. The summed E-state index contributed by atoms with van der Waals surface area (Å²) in [6, 6.07) is 0.679. The summed E-state index contributed by atoms with van der Waals surface area (Å²) >= 11 is 2.04. The Labute approximate surface area is 107 Å². The maximum absolute atomic E-state index is 4.20. The average molecular weight is 255 g/mol. The minimum absolute atomic E-state index is 0.206. The molecule has 3 atom stereocenters. The number of nitrogens with one attached hydrogen (secondary N) is 1. The molecule has 3 unspecified atom stereocenters. The molecule has 1 fully saturated rings. The first-order chi connectivity index (χ1) is 8.27. The Morgan fingerprint density at radius 1 is 1.53 bits per heavy atom. The van der Waals surface area contributed by atoms with Crippen LogP contribution >= 0.6 is 11.8 Å². The van der Waals surface area contributed by atoms with Crippen LogP contribution in [0.25, 0.3) is 0 Å². The standard InChI is InChI=1S/C11H21N5S/c1-4-17-10-7-5-6-9(10)16-11(8(2)12-3)13-14-15-16/h8-10,12H,4-7H2,1-3H3. The van der Waals surface area contributed by atoms with Gasteiger partial charge in [-0.3, -0.25) is 0 Å². The second-order valence-electron chi connectivity index (χ2n) is 4.48. The summed E-state index contributed by atoms with van der Waals surface area (Å²) in [5.41, 5.74) is 0. The molecule has 1 aromatic rings. The van der Waals surface area contributed by atoms with Gasteiger partial charge >= 0.3 is 0 Å². The molecule has 96 valence electrons. The van der Waals surface area contributed by atoms with Crippen molar-refractivity contribution in [2.45, 2.75) is 50.4 Å².